The second-order valence-corrected chi connectivity index (χ2v) is 9.13. The van der Waals surface area contributed by atoms with Crippen LogP contribution in [0.25, 0.3) is 10.2 Å². The standard InChI is InChI=1S/C16H13BrClN3OS2/c17-10-1-2-11-13(9-10)24-16(19-11)21-7-5-20(6-8-21)15(22)12-3-4-14(18)23-12/h1-4,9H,5-8H2. The van der Waals surface area contributed by atoms with E-state index in [0.717, 1.165) is 28.2 Å². The average Bonchev–Trinajstić information content (AvgIpc) is 3.20. The number of amides is 1. The fourth-order valence-corrected chi connectivity index (χ4v) is 5.29. The van der Waals surface area contributed by atoms with Crippen molar-refractivity contribution in [2.75, 3.05) is 31.1 Å². The number of nitrogens with zero attached hydrogens (tertiary/aromatic N) is 3. The van der Waals surface area contributed by atoms with Gasteiger partial charge in [-0.3, -0.25) is 4.79 Å². The van der Waals surface area contributed by atoms with Gasteiger partial charge in [-0.25, -0.2) is 4.98 Å². The number of fused-ring (bicyclic) bond motifs is 1. The molecule has 2 aromatic heterocycles. The molecule has 1 aliphatic rings. The van der Waals surface area contributed by atoms with Crippen LogP contribution < -0.4 is 4.90 Å². The molecule has 0 unspecified atom stereocenters. The first-order chi connectivity index (χ1) is 11.6. The van der Waals surface area contributed by atoms with Crippen LogP contribution in [0.5, 0.6) is 0 Å². The summed E-state index contributed by atoms with van der Waals surface area (Å²) in [4.78, 5) is 22.0. The van der Waals surface area contributed by atoms with Gasteiger partial charge in [-0.1, -0.05) is 38.9 Å². The van der Waals surface area contributed by atoms with E-state index >= 15 is 0 Å². The Labute approximate surface area is 160 Å². The van der Waals surface area contributed by atoms with E-state index in [0.29, 0.717) is 22.3 Å². The molecule has 0 saturated carbocycles. The second kappa shape index (κ2) is 6.63. The molecule has 0 atom stereocenters. The van der Waals surface area contributed by atoms with Gasteiger partial charge in [-0.2, -0.15) is 0 Å². The van der Waals surface area contributed by atoms with Crippen LogP contribution in [-0.2, 0) is 0 Å². The second-order valence-electron chi connectivity index (χ2n) is 5.49. The molecule has 4 nitrogen and oxygen atoms in total. The number of thiazole rings is 1. The van der Waals surface area contributed by atoms with Crippen molar-refractivity contribution in [2.45, 2.75) is 0 Å². The number of hydrogen-bond acceptors (Lipinski definition) is 5. The maximum absolute atomic E-state index is 12.5. The third kappa shape index (κ3) is 3.18. The summed E-state index contributed by atoms with van der Waals surface area (Å²) in [6, 6.07) is 9.70. The van der Waals surface area contributed by atoms with Crippen LogP contribution in [0.15, 0.2) is 34.8 Å². The van der Waals surface area contributed by atoms with E-state index in [-0.39, 0.29) is 5.91 Å². The summed E-state index contributed by atoms with van der Waals surface area (Å²) in [6.07, 6.45) is 0. The zero-order valence-corrected chi connectivity index (χ0v) is 16.5. The Kier molecular flexibility index (Phi) is 4.51. The first-order valence-electron chi connectivity index (χ1n) is 7.46. The molecule has 0 spiro atoms. The Hall–Kier alpha value is -1.15. The number of carbonyl (C=O) groups is 1. The molecular formula is C16H13BrClN3OS2. The number of rotatable bonds is 2. The molecule has 24 heavy (non-hydrogen) atoms. The van der Waals surface area contributed by atoms with E-state index in [2.05, 4.69) is 26.9 Å². The molecule has 0 N–H and O–H groups in total. The minimum Gasteiger partial charge on any atom is -0.345 e. The lowest BCUT2D eigenvalue weighted by Crippen LogP contribution is -2.48. The molecule has 8 heteroatoms. The smallest absolute Gasteiger partial charge is 0.264 e. The topological polar surface area (TPSA) is 36.4 Å². The summed E-state index contributed by atoms with van der Waals surface area (Å²) in [5, 5.41) is 1.02. The van der Waals surface area contributed by atoms with Crippen molar-refractivity contribution < 1.29 is 4.79 Å². The van der Waals surface area contributed by atoms with Crippen molar-refractivity contribution in [2.24, 2.45) is 0 Å². The van der Waals surface area contributed by atoms with Crippen LogP contribution in [0.4, 0.5) is 5.13 Å². The van der Waals surface area contributed by atoms with E-state index < -0.39 is 0 Å². The first-order valence-corrected chi connectivity index (χ1v) is 10.3. The predicted molar refractivity (Wildman–Crippen MR) is 105 cm³/mol. The van der Waals surface area contributed by atoms with E-state index in [4.69, 9.17) is 16.6 Å². The van der Waals surface area contributed by atoms with Crippen molar-refractivity contribution in [3.05, 3.63) is 44.0 Å². The quantitative estimate of drug-likeness (QED) is 0.575. The molecule has 0 bridgehead atoms. The van der Waals surface area contributed by atoms with Gasteiger partial charge in [0.15, 0.2) is 5.13 Å². The van der Waals surface area contributed by atoms with Gasteiger partial charge in [0.25, 0.3) is 5.91 Å². The number of halogens is 2. The van der Waals surface area contributed by atoms with Crippen LogP contribution >= 0.6 is 50.2 Å². The zero-order valence-electron chi connectivity index (χ0n) is 12.5. The van der Waals surface area contributed by atoms with E-state index in [9.17, 15) is 4.79 Å². The molecule has 4 rings (SSSR count). The Morgan fingerprint density at radius 2 is 1.92 bits per heavy atom. The SMILES string of the molecule is O=C(c1ccc(Cl)s1)N1CCN(c2nc3ccc(Br)cc3s2)CC1. The maximum Gasteiger partial charge on any atom is 0.264 e. The van der Waals surface area contributed by atoms with Gasteiger partial charge in [0.1, 0.15) is 0 Å². The summed E-state index contributed by atoms with van der Waals surface area (Å²) in [5.74, 6) is 0.0692. The predicted octanol–water partition coefficient (Wildman–Crippen LogP) is 4.74. The summed E-state index contributed by atoms with van der Waals surface area (Å²) in [6.45, 7) is 3.00. The summed E-state index contributed by atoms with van der Waals surface area (Å²) >= 11 is 12.5. The van der Waals surface area contributed by atoms with Gasteiger partial charge in [-0.15, -0.1) is 11.3 Å². The van der Waals surface area contributed by atoms with Crippen molar-refractivity contribution in [1.82, 2.24) is 9.88 Å². The number of thiophene rings is 1. The van der Waals surface area contributed by atoms with Crippen LogP contribution in [0.1, 0.15) is 9.67 Å². The molecule has 3 aromatic rings. The maximum atomic E-state index is 12.5. The fraction of sp³-hybridized carbons (Fsp3) is 0.250. The summed E-state index contributed by atoms with van der Waals surface area (Å²) < 4.78 is 2.89. The van der Waals surface area contributed by atoms with Crippen molar-refractivity contribution in [3.8, 4) is 0 Å². The monoisotopic (exact) mass is 441 g/mol. The molecule has 1 amide bonds. The third-order valence-corrected chi connectivity index (χ3v) is 6.75. The number of anilines is 1. The highest BCUT2D eigenvalue weighted by Gasteiger charge is 2.24. The van der Waals surface area contributed by atoms with E-state index in [1.807, 2.05) is 17.0 Å². The van der Waals surface area contributed by atoms with Crippen molar-refractivity contribution in [3.63, 3.8) is 0 Å². The van der Waals surface area contributed by atoms with Crippen LogP contribution in [0, 0.1) is 0 Å². The first kappa shape index (κ1) is 16.3. The number of piperazine rings is 1. The molecular weight excluding hydrogens is 430 g/mol. The Morgan fingerprint density at radius 1 is 1.12 bits per heavy atom. The molecule has 1 aliphatic heterocycles. The van der Waals surface area contributed by atoms with Gasteiger partial charge in [-0.05, 0) is 30.3 Å². The Balaban J connectivity index is 1.46. The summed E-state index contributed by atoms with van der Waals surface area (Å²) in [5.41, 5.74) is 1.02. The minimum absolute atomic E-state index is 0.0692. The molecule has 0 aliphatic carbocycles. The minimum atomic E-state index is 0.0692. The van der Waals surface area contributed by atoms with Crippen LogP contribution in [0.3, 0.4) is 0 Å². The van der Waals surface area contributed by atoms with Gasteiger partial charge in [0.05, 0.1) is 19.4 Å². The molecule has 124 valence electrons. The summed E-state index contributed by atoms with van der Waals surface area (Å²) in [7, 11) is 0. The van der Waals surface area contributed by atoms with Gasteiger partial charge >= 0.3 is 0 Å². The lowest BCUT2D eigenvalue weighted by atomic mass is 10.3. The van der Waals surface area contributed by atoms with Gasteiger partial charge < -0.3 is 9.80 Å². The van der Waals surface area contributed by atoms with Crippen LogP contribution in [0.2, 0.25) is 4.34 Å². The van der Waals surface area contributed by atoms with Gasteiger partial charge in [0, 0.05) is 30.7 Å². The van der Waals surface area contributed by atoms with E-state index in [1.165, 1.54) is 16.0 Å². The highest BCUT2D eigenvalue weighted by Crippen LogP contribution is 2.31. The largest absolute Gasteiger partial charge is 0.345 e. The van der Waals surface area contributed by atoms with Crippen LogP contribution in [-0.4, -0.2) is 42.0 Å². The van der Waals surface area contributed by atoms with Gasteiger partial charge in [0.2, 0.25) is 0 Å². The molecule has 1 saturated heterocycles. The van der Waals surface area contributed by atoms with Crippen molar-refractivity contribution in [1.29, 1.82) is 0 Å². The van der Waals surface area contributed by atoms with E-state index in [1.54, 1.807) is 23.5 Å². The number of carbonyl (C=O) groups excluding carboxylic acids is 1. The third-order valence-electron chi connectivity index (χ3n) is 3.96. The zero-order chi connectivity index (χ0) is 16.7. The molecule has 1 aromatic carbocycles. The molecule has 3 heterocycles. The molecule has 1 fully saturated rings. The highest BCUT2D eigenvalue weighted by molar-refractivity contribution is 9.10. The fourth-order valence-electron chi connectivity index (χ4n) is 2.71. The average molecular weight is 443 g/mol. The Morgan fingerprint density at radius 3 is 2.62 bits per heavy atom. The number of aromatic nitrogens is 1. The van der Waals surface area contributed by atoms with Crippen molar-refractivity contribution >= 4 is 71.5 Å². The molecule has 0 radical (unpaired) electrons. The Bertz CT molecular complexity index is 902. The lowest BCUT2D eigenvalue weighted by molar-refractivity contribution is 0.0751. The number of benzene rings is 1. The normalized spacial score (nSPS) is 15.2. The number of hydrogen-bond donors (Lipinski definition) is 0. The lowest BCUT2D eigenvalue weighted by Gasteiger charge is -2.34. The highest BCUT2D eigenvalue weighted by atomic mass is 79.9.